The van der Waals surface area contributed by atoms with E-state index in [0.717, 1.165) is 33.1 Å². The number of fused-ring (bicyclic) bond motifs is 1. The molecule has 7 nitrogen and oxygen atoms in total. The molecule has 2 aromatic heterocycles. The zero-order chi connectivity index (χ0) is 21.9. The number of nitrogens with one attached hydrogen (secondary N) is 1. The van der Waals surface area contributed by atoms with Gasteiger partial charge in [0.15, 0.2) is 5.13 Å². The van der Waals surface area contributed by atoms with Crippen LogP contribution in [0.25, 0.3) is 10.9 Å². The van der Waals surface area contributed by atoms with Crippen LogP contribution in [0.15, 0.2) is 29.3 Å². The van der Waals surface area contributed by atoms with Gasteiger partial charge in [0.2, 0.25) is 5.91 Å². The Kier molecular flexibility index (Phi) is 6.72. The van der Waals surface area contributed by atoms with Crippen LogP contribution in [0.3, 0.4) is 0 Å². The Labute approximate surface area is 183 Å². The fraction of sp³-hybridized carbons (Fsp3) is 0.381. The van der Waals surface area contributed by atoms with E-state index in [-0.39, 0.29) is 23.7 Å². The number of amides is 1. The molecular formula is C21H24N4O3S2. The summed E-state index contributed by atoms with van der Waals surface area (Å²) in [6.45, 7) is 9.93. The number of rotatable bonds is 6. The van der Waals surface area contributed by atoms with Gasteiger partial charge in [-0.1, -0.05) is 62.1 Å². The summed E-state index contributed by atoms with van der Waals surface area (Å²) >= 11 is 2.47. The molecule has 0 bridgehead atoms. The van der Waals surface area contributed by atoms with Crippen molar-refractivity contribution in [1.29, 1.82) is 0 Å². The number of nitrogens with zero attached hydrogens (tertiary/aromatic N) is 3. The Balaban J connectivity index is 1.74. The van der Waals surface area contributed by atoms with Gasteiger partial charge < -0.3 is 10.1 Å². The quantitative estimate of drug-likeness (QED) is 0.337. The highest BCUT2D eigenvalue weighted by molar-refractivity contribution is 8.00. The SMILES string of the molecule is CCOC(=O)c1sc(NC(=O)CSc2nc(C(C)(C)C)nc3ccccc23)nc1C. The van der Waals surface area contributed by atoms with Crippen LogP contribution < -0.4 is 5.32 Å². The van der Waals surface area contributed by atoms with Crippen LogP contribution in [0, 0.1) is 6.92 Å². The lowest BCUT2D eigenvalue weighted by Gasteiger charge is -2.18. The number of thioether (sulfide) groups is 1. The number of aromatic nitrogens is 3. The average Bonchev–Trinajstić information content (AvgIpc) is 3.05. The maximum Gasteiger partial charge on any atom is 0.350 e. The minimum absolute atomic E-state index is 0.165. The van der Waals surface area contributed by atoms with Gasteiger partial charge in [0.05, 0.1) is 23.6 Å². The molecule has 0 fully saturated rings. The van der Waals surface area contributed by atoms with Crippen molar-refractivity contribution in [2.75, 3.05) is 17.7 Å². The molecular weight excluding hydrogens is 420 g/mol. The Morgan fingerprint density at radius 1 is 1.17 bits per heavy atom. The first-order valence-corrected chi connectivity index (χ1v) is 11.3. The molecule has 0 saturated carbocycles. The van der Waals surface area contributed by atoms with E-state index in [1.165, 1.54) is 11.8 Å². The molecule has 0 spiro atoms. The number of hydrogen-bond donors (Lipinski definition) is 1. The average molecular weight is 445 g/mol. The van der Waals surface area contributed by atoms with Crippen molar-refractivity contribution in [2.45, 2.75) is 45.1 Å². The van der Waals surface area contributed by atoms with E-state index < -0.39 is 5.97 Å². The number of benzene rings is 1. The third kappa shape index (κ3) is 5.14. The van der Waals surface area contributed by atoms with Gasteiger partial charge >= 0.3 is 5.97 Å². The summed E-state index contributed by atoms with van der Waals surface area (Å²) in [6.07, 6.45) is 0. The molecule has 0 atom stereocenters. The van der Waals surface area contributed by atoms with Crippen molar-refractivity contribution in [3.05, 3.63) is 40.7 Å². The normalized spacial score (nSPS) is 11.5. The summed E-state index contributed by atoms with van der Waals surface area (Å²) in [5.41, 5.74) is 1.19. The predicted molar refractivity (Wildman–Crippen MR) is 120 cm³/mol. The van der Waals surface area contributed by atoms with E-state index in [0.29, 0.717) is 15.7 Å². The van der Waals surface area contributed by atoms with E-state index in [2.05, 4.69) is 36.1 Å². The largest absolute Gasteiger partial charge is 0.462 e. The van der Waals surface area contributed by atoms with Crippen LogP contribution in [0.5, 0.6) is 0 Å². The van der Waals surface area contributed by atoms with E-state index in [4.69, 9.17) is 9.72 Å². The number of esters is 1. The lowest BCUT2D eigenvalue weighted by Crippen LogP contribution is -2.17. The summed E-state index contributed by atoms with van der Waals surface area (Å²) < 4.78 is 5.01. The Morgan fingerprint density at radius 3 is 2.60 bits per heavy atom. The molecule has 1 N–H and O–H groups in total. The van der Waals surface area contributed by atoms with E-state index in [1.54, 1.807) is 13.8 Å². The first kappa shape index (κ1) is 22.2. The Morgan fingerprint density at radius 2 is 1.90 bits per heavy atom. The van der Waals surface area contributed by atoms with Gasteiger partial charge in [0, 0.05) is 10.8 Å². The first-order chi connectivity index (χ1) is 14.2. The monoisotopic (exact) mass is 444 g/mol. The van der Waals surface area contributed by atoms with Gasteiger partial charge in [-0.3, -0.25) is 4.79 Å². The van der Waals surface area contributed by atoms with E-state index in [1.807, 2.05) is 24.3 Å². The first-order valence-electron chi connectivity index (χ1n) is 9.53. The standard InChI is InChI=1S/C21H24N4O3S2/c1-6-28-18(27)16-12(2)22-20(30-16)24-15(26)11-29-17-13-9-7-8-10-14(13)23-19(25-17)21(3,4)5/h7-10H,6,11H2,1-5H3,(H,22,24,26). The molecule has 30 heavy (non-hydrogen) atoms. The summed E-state index contributed by atoms with van der Waals surface area (Å²) in [6, 6.07) is 7.78. The van der Waals surface area contributed by atoms with Crippen LogP contribution in [-0.2, 0) is 14.9 Å². The number of hydrogen-bond acceptors (Lipinski definition) is 8. The summed E-state index contributed by atoms with van der Waals surface area (Å²) in [5, 5.41) is 4.82. The van der Waals surface area contributed by atoms with E-state index >= 15 is 0 Å². The number of carbonyl (C=O) groups is 2. The van der Waals surface area contributed by atoms with Gasteiger partial charge in [-0.15, -0.1) is 0 Å². The Bertz CT molecular complexity index is 1090. The zero-order valence-corrected chi connectivity index (χ0v) is 19.2. The topological polar surface area (TPSA) is 94.1 Å². The van der Waals surface area contributed by atoms with Crippen LogP contribution in [0.4, 0.5) is 5.13 Å². The third-order valence-corrected chi connectivity index (χ3v) is 6.13. The molecule has 1 aromatic carbocycles. The second kappa shape index (κ2) is 9.09. The highest BCUT2D eigenvalue weighted by atomic mass is 32.2. The number of aryl methyl sites for hydroxylation is 1. The number of ether oxygens (including phenoxy) is 1. The van der Waals surface area contributed by atoms with Gasteiger partial charge in [-0.2, -0.15) is 0 Å². The van der Waals surface area contributed by atoms with Crippen molar-refractivity contribution < 1.29 is 14.3 Å². The Hall–Kier alpha value is -2.52. The molecule has 0 aliphatic carbocycles. The zero-order valence-electron chi connectivity index (χ0n) is 17.6. The number of carbonyl (C=O) groups excluding carboxylic acids is 2. The van der Waals surface area contributed by atoms with Crippen LogP contribution >= 0.6 is 23.1 Å². The van der Waals surface area contributed by atoms with Gasteiger partial charge in [0.25, 0.3) is 0 Å². The molecule has 0 aliphatic rings. The van der Waals surface area contributed by atoms with Gasteiger partial charge in [0.1, 0.15) is 15.7 Å². The fourth-order valence-corrected chi connectivity index (χ4v) is 4.31. The summed E-state index contributed by atoms with van der Waals surface area (Å²) in [5.74, 6) is 0.255. The summed E-state index contributed by atoms with van der Waals surface area (Å²) in [4.78, 5) is 38.5. The van der Waals surface area contributed by atoms with Gasteiger partial charge in [-0.05, 0) is 19.9 Å². The highest BCUT2D eigenvalue weighted by Gasteiger charge is 2.21. The lowest BCUT2D eigenvalue weighted by atomic mass is 9.95. The summed E-state index contributed by atoms with van der Waals surface area (Å²) in [7, 11) is 0. The molecule has 3 aromatic rings. The van der Waals surface area contributed by atoms with Crippen LogP contribution in [0.1, 0.15) is 48.9 Å². The fourth-order valence-electron chi connectivity index (χ4n) is 2.62. The van der Waals surface area contributed by atoms with Crippen molar-refractivity contribution in [3.63, 3.8) is 0 Å². The number of para-hydroxylation sites is 1. The van der Waals surface area contributed by atoms with Crippen LogP contribution in [-0.4, -0.2) is 39.2 Å². The number of thiazole rings is 1. The molecule has 0 aliphatic heterocycles. The lowest BCUT2D eigenvalue weighted by molar-refractivity contribution is -0.113. The van der Waals surface area contributed by atoms with E-state index in [9.17, 15) is 9.59 Å². The molecule has 158 valence electrons. The number of anilines is 1. The molecule has 1 amide bonds. The minimum atomic E-state index is -0.426. The van der Waals surface area contributed by atoms with Crippen molar-refractivity contribution in [1.82, 2.24) is 15.0 Å². The molecule has 3 rings (SSSR count). The smallest absolute Gasteiger partial charge is 0.350 e. The maximum absolute atomic E-state index is 12.5. The predicted octanol–water partition coefficient (Wildman–Crippen LogP) is 4.60. The molecule has 9 heteroatoms. The molecule has 0 saturated heterocycles. The minimum Gasteiger partial charge on any atom is -0.462 e. The molecule has 0 radical (unpaired) electrons. The third-order valence-electron chi connectivity index (χ3n) is 4.08. The van der Waals surface area contributed by atoms with Crippen molar-refractivity contribution in [2.24, 2.45) is 0 Å². The molecule has 0 unspecified atom stereocenters. The maximum atomic E-state index is 12.5. The highest BCUT2D eigenvalue weighted by Crippen LogP contribution is 2.29. The van der Waals surface area contributed by atoms with Crippen molar-refractivity contribution in [3.8, 4) is 0 Å². The molecule has 2 heterocycles. The van der Waals surface area contributed by atoms with Crippen molar-refractivity contribution >= 4 is 51.0 Å². The second-order valence-corrected chi connectivity index (χ2v) is 9.57. The van der Waals surface area contributed by atoms with Gasteiger partial charge in [-0.25, -0.2) is 19.7 Å². The second-order valence-electron chi connectivity index (χ2n) is 7.61. The van der Waals surface area contributed by atoms with Crippen LogP contribution in [0.2, 0.25) is 0 Å².